The van der Waals surface area contributed by atoms with Crippen LogP contribution in [0, 0.1) is 11.5 Å². The Hall–Kier alpha value is 1.04. The first-order valence-corrected chi connectivity index (χ1v) is 17.2. The van der Waals surface area contributed by atoms with Gasteiger partial charge in [-0.25, -0.2) is 11.3 Å². The summed E-state index contributed by atoms with van der Waals surface area (Å²) in [5.41, 5.74) is 3.32. The second kappa shape index (κ2) is 10.4. The SMILES string of the molecule is CC1=CCC(S[Si](C)(C)C)([Si](C)(C)C2=[C-]CC=C2)C(C(C)(C)C)=C1.[Cl-].[Cl-].[Ti+3]. The van der Waals surface area contributed by atoms with Crippen molar-refractivity contribution in [2.75, 3.05) is 0 Å². The molecular weight excluding hydrogens is 459 g/mol. The van der Waals surface area contributed by atoms with Gasteiger partial charge in [-0.2, -0.15) is 17.3 Å². The predicted octanol–water partition coefficient (Wildman–Crippen LogP) is 1.10. The van der Waals surface area contributed by atoms with Gasteiger partial charge in [0.25, 0.3) is 0 Å². The molecule has 0 N–H and O–H groups in total. The molecule has 151 valence electrons. The van der Waals surface area contributed by atoms with E-state index in [-0.39, 0.29) is 56.3 Å². The fourth-order valence-corrected chi connectivity index (χ4v) is 19.1. The fourth-order valence-electron chi connectivity index (χ4n) is 4.03. The van der Waals surface area contributed by atoms with Crippen LogP contribution in [-0.4, -0.2) is 19.7 Å². The Bertz CT molecular complexity index is 638. The molecule has 2 aliphatic rings. The Morgan fingerprint density at radius 1 is 1.07 bits per heavy atom. The third-order valence-corrected chi connectivity index (χ3v) is 16.0. The van der Waals surface area contributed by atoms with Gasteiger partial charge < -0.3 is 24.8 Å². The van der Waals surface area contributed by atoms with Gasteiger partial charge in [-0.05, 0) is 18.8 Å². The molecule has 1 radical (unpaired) electrons. The average molecular weight is 495 g/mol. The van der Waals surface area contributed by atoms with Gasteiger partial charge in [0, 0.05) is 4.37 Å². The average Bonchev–Trinajstić information content (AvgIpc) is 2.92. The summed E-state index contributed by atoms with van der Waals surface area (Å²) in [5, 5.41) is 1.54. The van der Waals surface area contributed by atoms with E-state index in [4.69, 9.17) is 0 Å². The molecule has 0 bridgehead atoms. The summed E-state index contributed by atoms with van der Waals surface area (Å²) < 4.78 is 0.256. The summed E-state index contributed by atoms with van der Waals surface area (Å²) >= 11 is 2.35. The number of hydrogen-bond acceptors (Lipinski definition) is 1. The number of allylic oxidation sites excluding steroid dienone is 7. The molecule has 0 aliphatic heterocycles. The van der Waals surface area contributed by atoms with Gasteiger partial charge in [0.2, 0.25) is 0 Å². The molecule has 0 nitrogen and oxygen atoms in total. The molecule has 0 spiro atoms. The Labute approximate surface area is 201 Å². The molecule has 0 fully saturated rings. The zero-order valence-corrected chi connectivity index (χ0v) is 24.3. The molecule has 0 heterocycles. The van der Waals surface area contributed by atoms with Crippen LogP contribution in [0.5, 0.6) is 0 Å². The maximum atomic E-state index is 3.71. The topological polar surface area (TPSA) is 0 Å². The molecule has 0 saturated carbocycles. The maximum Gasteiger partial charge on any atom is 3.00 e. The largest absolute Gasteiger partial charge is 3.00 e. The van der Waals surface area contributed by atoms with Gasteiger partial charge in [0.1, 0.15) is 7.22 Å². The van der Waals surface area contributed by atoms with E-state index in [1.807, 2.05) is 0 Å². The zero-order valence-electron chi connectivity index (χ0n) is 18.4. The van der Waals surface area contributed by atoms with Crippen LogP contribution >= 0.6 is 11.2 Å². The monoisotopic (exact) mass is 493 g/mol. The Kier molecular flexibility index (Phi) is 11.6. The minimum atomic E-state index is -1.73. The van der Waals surface area contributed by atoms with E-state index in [0.29, 0.717) is 0 Å². The minimum Gasteiger partial charge on any atom is -1.00 e. The zero-order chi connectivity index (χ0) is 18.4. The van der Waals surface area contributed by atoms with Crippen LogP contribution in [0.3, 0.4) is 0 Å². The first-order chi connectivity index (χ1) is 10.8. The van der Waals surface area contributed by atoms with Gasteiger partial charge in [-0.3, -0.25) is 6.08 Å². The van der Waals surface area contributed by atoms with Crippen molar-refractivity contribution in [2.24, 2.45) is 5.41 Å². The van der Waals surface area contributed by atoms with E-state index in [2.05, 4.69) is 102 Å². The summed E-state index contributed by atoms with van der Waals surface area (Å²) in [6.07, 6.45) is 15.6. The van der Waals surface area contributed by atoms with Crippen LogP contribution in [0.2, 0.25) is 32.7 Å². The standard InChI is InChI=1S/C21H35SSi2.2ClH.Ti/c1-17-14-15-21(22-23(5,6)7,19(16-17)20(2,3)4)24(8,9)18-12-10-11-13-18;;;/h10,12,14,16H,11,15H2,1-9H3;2*1H;/q-1;;;+3/p-2. The van der Waals surface area contributed by atoms with Crippen LogP contribution in [0.25, 0.3) is 0 Å². The van der Waals surface area contributed by atoms with E-state index in [0.717, 1.165) is 6.42 Å². The third kappa shape index (κ3) is 6.51. The quantitative estimate of drug-likeness (QED) is 0.417. The van der Waals surface area contributed by atoms with Crippen molar-refractivity contribution in [3.05, 3.63) is 46.7 Å². The predicted molar refractivity (Wildman–Crippen MR) is 118 cm³/mol. The van der Waals surface area contributed by atoms with Crippen molar-refractivity contribution in [3.63, 3.8) is 0 Å². The molecule has 0 aromatic rings. The van der Waals surface area contributed by atoms with Gasteiger partial charge in [0.15, 0.2) is 0 Å². The molecule has 0 amide bonds. The van der Waals surface area contributed by atoms with Crippen LogP contribution < -0.4 is 24.8 Å². The first kappa shape index (κ1) is 30.2. The van der Waals surface area contributed by atoms with Gasteiger partial charge in [0.05, 0.1) is 8.07 Å². The molecule has 27 heavy (non-hydrogen) atoms. The second-order valence-electron chi connectivity index (χ2n) is 9.82. The van der Waals surface area contributed by atoms with E-state index in [1.54, 1.807) is 5.57 Å². The number of halogens is 2. The van der Waals surface area contributed by atoms with Crippen LogP contribution in [0.1, 0.15) is 40.5 Å². The second-order valence-corrected chi connectivity index (χ2v) is 24.2. The fraction of sp³-hybridized carbons (Fsp3) is 0.619. The molecule has 0 aromatic heterocycles. The third-order valence-electron chi connectivity index (χ3n) is 5.18. The van der Waals surface area contributed by atoms with Crippen LogP contribution in [-0.2, 0) is 21.7 Å². The van der Waals surface area contributed by atoms with Crippen molar-refractivity contribution >= 4 is 26.5 Å². The summed E-state index contributed by atoms with van der Waals surface area (Å²) in [5.74, 6) is 0. The molecule has 6 heteroatoms. The Morgan fingerprint density at radius 2 is 1.63 bits per heavy atom. The number of rotatable bonds is 4. The van der Waals surface area contributed by atoms with Gasteiger partial charge in [-0.15, -0.1) is 6.42 Å². The summed E-state index contributed by atoms with van der Waals surface area (Å²) in [6.45, 7) is 22.2. The smallest absolute Gasteiger partial charge is 1.00 e. The Balaban J connectivity index is 0. The molecule has 2 aliphatic carbocycles. The molecule has 2 rings (SSSR count). The maximum absolute atomic E-state index is 3.71. The van der Waals surface area contributed by atoms with E-state index in [9.17, 15) is 0 Å². The van der Waals surface area contributed by atoms with E-state index < -0.39 is 15.3 Å². The van der Waals surface area contributed by atoms with Crippen molar-refractivity contribution in [1.29, 1.82) is 0 Å². The first-order valence-electron chi connectivity index (χ1n) is 9.17. The molecular formula is C21H35Cl2SSi2Ti. The molecule has 0 aromatic carbocycles. The molecule has 1 unspecified atom stereocenters. The minimum absolute atomic E-state index is 0. The summed E-state index contributed by atoms with van der Waals surface area (Å²) in [6, 6.07) is 0. The van der Waals surface area contributed by atoms with Crippen LogP contribution in [0.4, 0.5) is 0 Å². The van der Waals surface area contributed by atoms with Crippen molar-refractivity contribution in [1.82, 2.24) is 0 Å². The van der Waals surface area contributed by atoms with Crippen molar-refractivity contribution in [3.8, 4) is 0 Å². The van der Waals surface area contributed by atoms with E-state index >= 15 is 0 Å². The van der Waals surface area contributed by atoms with Crippen LogP contribution in [0.15, 0.2) is 40.6 Å². The van der Waals surface area contributed by atoms with E-state index in [1.165, 1.54) is 17.2 Å². The van der Waals surface area contributed by atoms with Gasteiger partial charge >= 0.3 is 21.7 Å². The number of hydrogen-bond donors (Lipinski definition) is 0. The van der Waals surface area contributed by atoms with Crippen molar-refractivity contribution in [2.45, 2.75) is 77.6 Å². The van der Waals surface area contributed by atoms with Gasteiger partial charge in [-0.1, -0.05) is 76.8 Å². The normalized spacial score (nSPS) is 22.6. The Morgan fingerprint density at radius 3 is 2.04 bits per heavy atom. The van der Waals surface area contributed by atoms with Crippen molar-refractivity contribution < 1.29 is 46.5 Å². The summed E-state index contributed by atoms with van der Waals surface area (Å²) in [7, 11) is -3.03. The molecule has 1 atom stereocenters. The molecule has 0 saturated heterocycles. The summed E-state index contributed by atoms with van der Waals surface area (Å²) in [4.78, 5) is 0.